The molecule has 0 aliphatic rings. The number of aromatic nitrogens is 2. The average molecular weight is 257 g/mol. The molecule has 0 saturated heterocycles. The molecule has 0 spiro atoms. The fourth-order valence-electron chi connectivity index (χ4n) is 2.23. The van der Waals surface area contributed by atoms with Crippen molar-refractivity contribution in [3.05, 3.63) is 65.1 Å². The van der Waals surface area contributed by atoms with Crippen LogP contribution in [0.3, 0.4) is 0 Å². The maximum absolute atomic E-state index is 6.15. The van der Waals surface area contributed by atoms with Crippen LogP contribution in [-0.4, -0.2) is 9.55 Å². The molecule has 3 rings (SSSR count). The van der Waals surface area contributed by atoms with Gasteiger partial charge in [-0.1, -0.05) is 23.7 Å². The molecule has 2 aromatic heterocycles. The number of aryl methyl sites for hydroxylation is 1. The molecule has 0 N–H and O–H groups in total. The number of fused-ring (bicyclic) bond motifs is 1. The Hall–Kier alpha value is -1.80. The number of rotatable bonds is 2. The van der Waals surface area contributed by atoms with Gasteiger partial charge in [-0.15, -0.1) is 0 Å². The molecule has 3 aromatic rings. The van der Waals surface area contributed by atoms with E-state index in [1.807, 2.05) is 6.07 Å². The summed E-state index contributed by atoms with van der Waals surface area (Å²) in [5.41, 5.74) is 3.63. The first-order chi connectivity index (χ1) is 8.75. The standard InChI is InChI=1S/C15H13ClN2/c1-11-3-2-4-15-13(11)6-8-18(15)10-12-5-7-17-9-14(12)16/h2-9H,10H2,1H3. The lowest BCUT2D eigenvalue weighted by Gasteiger charge is -2.07. The van der Waals surface area contributed by atoms with Gasteiger partial charge in [0.25, 0.3) is 0 Å². The van der Waals surface area contributed by atoms with Gasteiger partial charge in [0.05, 0.1) is 5.02 Å². The van der Waals surface area contributed by atoms with E-state index in [2.05, 4.69) is 46.9 Å². The second kappa shape index (κ2) is 4.46. The predicted octanol–water partition coefficient (Wildman–Crippen LogP) is 4.05. The highest BCUT2D eigenvalue weighted by atomic mass is 35.5. The molecule has 0 bridgehead atoms. The molecule has 0 radical (unpaired) electrons. The van der Waals surface area contributed by atoms with E-state index < -0.39 is 0 Å². The van der Waals surface area contributed by atoms with Gasteiger partial charge in [-0.05, 0) is 36.2 Å². The summed E-state index contributed by atoms with van der Waals surface area (Å²) in [6.45, 7) is 2.90. The van der Waals surface area contributed by atoms with Gasteiger partial charge in [0.15, 0.2) is 0 Å². The second-order valence-electron chi connectivity index (χ2n) is 4.42. The molecule has 18 heavy (non-hydrogen) atoms. The number of hydrogen-bond acceptors (Lipinski definition) is 1. The van der Waals surface area contributed by atoms with Crippen molar-refractivity contribution < 1.29 is 0 Å². The fraction of sp³-hybridized carbons (Fsp3) is 0.133. The van der Waals surface area contributed by atoms with E-state index in [1.165, 1.54) is 16.5 Å². The Kier molecular flexibility index (Phi) is 2.80. The van der Waals surface area contributed by atoms with E-state index in [1.54, 1.807) is 12.4 Å². The number of benzene rings is 1. The minimum Gasteiger partial charge on any atom is -0.343 e. The molecule has 0 fully saturated rings. The number of halogens is 1. The van der Waals surface area contributed by atoms with Crippen molar-refractivity contribution in [1.82, 2.24) is 9.55 Å². The van der Waals surface area contributed by atoms with Gasteiger partial charge in [0.1, 0.15) is 0 Å². The highest BCUT2D eigenvalue weighted by molar-refractivity contribution is 6.31. The van der Waals surface area contributed by atoms with Crippen LogP contribution in [0.2, 0.25) is 5.02 Å². The van der Waals surface area contributed by atoms with Crippen molar-refractivity contribution >= 4 is 22.5 Å². The van der Waals surface area contributed by atoms with Crippen LogP contribution in [-0.2, 0) is 6.54 Å². The Labute approximate surface area is 111 Å². The van der Waals surface area contributed by atoms with Crippen LogP contribution in [0, 0.1) is 6.92 Å². The molecule has 90 valence electrons. The maximum Gasteiger partial charge on any atom is 0.0639 e. The minimum atomic E-state index is 0.715. The fourth-order valence-corrected chi connectivity index (χ4v) is 2.41. The van der Waals surface area contributed by atoms with Crippen LogP contribution in [0.5, 0.6) is 0 Å². The Balaban J connectivity index is 2.06. The number of hydrogen-bond donors (Lipinski definition) is 0. The van der Waals surface area contributed by atoms with Crippen molar-refractivity contribution in [3.8, 4) is 0 Å². The van der Waals surface area contributed by atoms with Gasteiger partial charge >= 0.3 is 0 Å². The van der Waals surface area contributed by atoms with E-state index in [0.717, 1.165) is 12.1 Å². The third-order valence-electron chi connectivity index (χ3n) is 3.23. The van der Waals surface area contributed by atoms with E-state index in [4.69, 9.17) is 11.6 Å². The van der Waals surface area contributed by atoms with Crippen LogP contribution in [0.15, 0.2) is 48.9 Å². The molecular weight excluding hydrogens is 244 g/mol. The van der Waals surface area contributed by atoms with Gasteiger partial charge in [0.2, 0.25) is 0 Å². The summed E-state index contributed by atoms with van der Waals surface area (Å²) in [6.07, 6.45) is 5.57. The van der Waals surface area contributed by atoms with Crippen LogP contribution < -0.4 is 0 Å². The van der Waals surface area contributed by atoms with E-state index in [0.29, 0.717) is 5.02 Å². The van der Waals surface area contributed by atoms with Crippen molar-refractivity contribution in [3.63, 3.8) is 0 Å². The first-order valence-corrected chi connectivity index (χ1v) is 6.26. The van der Waals surface area contributed by atoms with Gasteiger partial charge < -0.3 is 4.57 Å². The molecule has 0 atom stereocenters. The van der Waals surface area contributed by atoms with Crippen molar-refractivity contribution in [2.45, 2.75) is 13.5 Å². The number of nitrogens with zero attached hydrogens (tertiary/aromatic N) is 2. The third kappa shape index (κ3) is 1.89. The summed E-state index contributed by atoms with van der Waals surface area (Å²) in [4.78, 5) is 4.01. The van der Waals surface area contributed by atoms with Crippen molar-refractivity contribution in [1.29, 1.82) is 0 Å². The van der Waals surface area contributed by atoms with Crippen LogP contribution in [0.25, 0.3) is 10.9 Å². The van der Waals surface area contributed by atoms with Crippen molar-refractivity contribution in [2.75, 3.05) is 0 Å². The summed E-state index contributed by atoms with van der Waals surface area (Å²) >= 11 is 6.15. The minimum absolute atomic E-state index is 0.715. The summed E-state index contributed by atoms with van der Waals surface area (Å²) in [6, 6.07) is 10.5. The lowest BCUT2D eigenvalue weighted by Crippen LogP contribution is -1.98. The summed E-state index contributed by atoms with van der Waals surface area (Å²) < 4.78 is 2.21. The van der Waals surface area contributed by atoms with Gasteiger partial charge in [-0.25, -0.2) is 0 Å². The first kappa shape index (κ1) is 11.3. The van der Waals surface area contributed by atoms with Gasteiger partial charge in [-0.3, -0.25) is 4.98 Å². The highest BCUT2D eigenvalue weighted by Gasteiger charge is 2.05. The monoisotopic (exact) mass is 256 g/mol. The quantitative estimate of drug-likeness (QED) is 0.676. The molecule has 0 unspecified atom stereocenters. The summed E-state index contributed by atoms with van der Waals surface area (Å²) in [5.74, 6) is 0. The summed E-state index contributed by atoms with van der Waals surface area (Å²) in [5, 5.41) is 2.01. The van der Waals surface area contributed by atoms with E-state index >= 15 is 0 Å². The SMILES string of the molecule is Cc1cccc2c1ccn2Cc1ccncc1Cl. The van der Waals surface area contributed by atoms with Gasteiger partial charge in [0, 0.05) is 36.0 Å². The third-order valence-corrected chi connectivity index (χ3v) is 3.57. The van der Waals surface area contributed by atoms with E-state index in [-0.39, 0.29) is 0 Å². The molecule has 2 nitrogen and oxygen atoms in total. The van der Waals surface area contributed by atoms with E-state index in [9.17, 15) is 0 Å². The van der Waals surface area contributed by atoms with Gasteiger partial charge in [-0.2, -0.15) is 0 Å². The van der Waals surface area contributed by atoms with Crippen molar-refractivity contribution in [2.24, 2.45) is 0 Å². The Morgan fingerprint density at radius 2 is 2.11 bits per heavy atom. The largest absolute Gasteiger partial charge is 0.343 e. The van der Waals surface area contributed by atoms with Crippen LogP contribution in [0.4, 0.5) is 0 Å². The van der Waals surface area contributed by atoms with Crippen LogP contribution in [0.1, 0.15) is 11.1 Å². The average Bonchev–Trinajstić information content (AvgIpc) is 2.77. The molecular formula is C15H13ClN2. The second-order valence-corrected chi connectivity index (χ2v) is 4.83. The molecule has 0 saturated carbocycles. The predicted molar refractivity (Wildman–Crippen MR) is 75.0 cm³/mol. The Morgan fingerprint density at radius 3 is 2.94 bits per heavy atom. The number of pyridine rings is 1. The summed E-state index contributed by atoms with van der Waals surface area (Å²) in [7, 11) is 0. The molecule has 1 aromatic carbocycles. The molecule has 3 heteroatoms. The normalized spacial score (nSPS) is 11.0. The lowest BCUT2D eigenvalue weighted by atomic mass is 10.1. The zero-order chi connectivity index (χ0) is 12.5. The first-order valence-electron chi connectivity index (χ1n) is 5.88. The Bertz CT molecular complexity index is 701. The topological polar surface area (TPSA) is 17.8 Å². The smallest absolute Gasteiger partial charge is 0.0639 e. The molecule has 0 amide bonds. The maximum atomic E-state index is 6.15. The molecule has 0 aliphatic carbocycles. The highest BCUT2D eigenvalue weighted by Crippen LogP contribution is 2.22. The Morgan fingerprint density at radius 1 is 1.22 bits per heavy atom. The van der Waals surface area contributed by atoms with Crippen LogP contribution >= 0.6 is 11.6 Å². The lowest BCUT2D eigenvalue weighted by molar-refractivity contribution is 0.835. The zero-order valence-corrected chi connectivity index (χ0v) is 10.9. The zero-order valence-electron chi connectivity index (χ0n) is 10.1. The molecule has 2 heterocycles. The molecule has 0 aliphatic heterocycles.